The molecule has 0 radical (unpaired) electrons. The first-order chi connectivity index (χ1) is 10.3. The maximum atomic E-state index is 10.5. The predicted octanol–water partition coefficient (Wildman–Crippen LogP) is 4.14. The summed E-state index contributed by atoms with van der Waals surface area (Å²) in [6, 6.07) is 0. The van der Waals surface area contributed by atoms with Crippen molar-refractivity contribution in [3.05, 3.63) is 0 Å². The average molecular weight is 306 g/mol. The zero-order chi connectivity index (χ0) is 15.8. The number of fused-ring (bicyclic) bond motifs is 5. The lowest BCUT2D eigenvalue weighted by Crippen LogP contribution is -2.55. The summed E-state index contributed by atoms with van der Waals surface area (Å²) in [5, 5.41) is 21.0. The molecule has 0 aromatic heterocycles. The molecule has 4 aliphatic rings. The second-order valence-electron chi connectivity index (χ2n) is 10.00. The number of hydrogen-bond donors (Lipinski definition) is 2. The van der Waals surface area contributed by atoms with E-state index in [-0.39, 0.29) is 11.5 Å². The molecule has 4 aliphatic carbocycles. The summed E-state index contributed by atoms with van der Waals surface area (Å²) in [6.45, 7) is 6.95. The van der Waals surface area contributed by atoms with Crippen molar-refractivity contribution in [3.63, 3.8) is 0 Å². The Balaban J connectivity index is 1.62. The smallest absolute Gasteiger partial charge is 0.0622 e. The quantitative estimate of drug-likeness (QED) is 0.706. The standard InChI is InChI=1S/C20H34O2/c1-18(22)10-11-19(2)13(12-18)4-5-14-15-6-7-17(21)20(15,3)9-8-16(14)19/h13-17,21-22H,4-12H2,1-3H3/t13-,14+,15+,16+,17+,18-,19+,20+/m1/s1. The van der Waals surface area contributed by atoms with Crippen LogP contribution in [-0.2, 0) is 0 Å². The summed E-state index contributed by atoms with van der Waals surface area (Å²) < 4.78 is 0. The van der Waals surface area contributed by atoms with E-state index in [2.05, 4.69) is 13.8 Å². The molecule has 0 amide bonds. The Hall–Kier alpha value is -0.0800. The van der Waals surface area contributed by atoms with E-state index in [1.54, 1.807) is 0 Å². The molecule has 0 aromatic carbocycles. The fraction of sp³-hybridized carbons (Fsp3) is 1.00. The van der Waals surface area contributed by atoms with Gasteiger partial charge >= 0.3 is 0 Å². The Kier molecular flexibility index (Phi) is 3.32. The Bertz CT molecular complexity index is 459. The SMILES string of the molecule is C[C@@]1(O)CC[C@@]2(C)[C@H](CC[C@@H]3[C@@H]2CC[C@]2(C)[C@@H](O)CC[C@@H]32)C1. The largest absolute Gasteiger partial charge is 0.393 e. The Morgan fingerprint density at radius 2 is 1.50 bits per heavy atom. The third kappa shape index (κ3) is 1.99. The minimum absolute atomic E-state index is 0.0592. The third-order valence-electron chi connectivity index (χ3n) is 8.90. The Morgan fingerprint density at radius 3 is 2.27 bits per heavy atom. The van der Waals surface area contributed by atoms with Crippen LogP contribution < -0.4 is 0 Å². The van der Waals surface area contributed by atoms with Crippen molar-refractivity contribution in [3.8, 4) is 0 Å². The van der Waals surface area contributed by atoms with E-state index in [0.717, 1.165) is 37.0 Å². The highest BCUT2D eigenvalue weighted by Gasteiger charge is 2.60. The van der Waals surface area contributed by atoms with Gasteiger partial charge in [0.25, 0.3) is 0 Å². The summed E-state index contributed by atoms with van der Waals surface area (Å²) in [4.78, 5) is 0. The van der Waals surface area contributed by atoms with E-state index in [1.807, 2.05) is 6.92 Å². The van der Waals surface area contributed by atoms with Gasteiger partial charge in [0.05, 0.1) is 11.7 Å². The fourth-order valence-corrected chi connectivity index (χ4v) is 7.40. The van der Waals surface area contributed by atoms with Crippen LogP contribution >= 0.6 is 0 Å². The van der Waals surface area contributed by atoms with Gasteiger partial charge in [-0.15, -0.1) is 0 Å². The topological polar surface area (TPSA) is 40.5 Å². The molecular formula is C20H34O2. The molecule has 0 spiro atoms. The van der Waals surface area contributed by atoms with Gasteiger partial charge in [0.15, 0.2) is 0 Å². The van der Waals surface area contributed by atoms with Gasteiger partial charge in [0.1, 0.15) is 0 Å². The number of aliphatic hydroxyl groups excluding tert-OH is 1. The van der Waals surface area contributed by atoms with Crippen molar-refractivity contribution in [1.29, 1.82) is 0 Å². The van der Waals surface area contributed by atoms with E-state index in [1.165, 1.54) is 38.5 Å². The minimum atomic E-state index is -0.427. The zero-order valence-electron chi connectivity index (χ0n) is 14.6. The first-order valence-electron chi connectivity index (χ1n) is 9.67. The molecule has 0 unspecified atom stereocenters. The lowest BCUT2D eigenvalue weighted by atomic mass is 9.44. The lowest BCUT2D eigenvalue weighted by Gasteiger charge is -2.61. The average Bonchev–Trinajstić information content (AvgIpc) is 2.76. The van der Waals surface area contributed by atoms with Crippen molar-refractivity contribution in [2.75, 3.05) is 0 Å². The molecule has 2 heteroatoms. The molecule has 4 saturated carbocycles. The van der Waals surface area contributed by atoms with Gasteiger partial charge in [-0.05, 0) is 99.2 Å². The summed E-state index contributed by atoms with van der Waals surface area (Å²) in [7, 11) is 0. The molecular weight excluding hydrogens is 272 g/mol. The summed E-state index contributed by atoms with van der Waals surface area (Å²) >= 11 is 0. The van der Waals surface area contributed by atoms with Crippen molar-refractivity contribution >= 4 is 0 Å². The van der Waals surface area contributed by atoms with Gasteiger partial charge in [-0.1, -0.05) is 13.8 Å². The van der Waals surface area contributed by atoms with E-state index in [4.69, 9.17) is 0 Å². The van der Waals surface area contributed by atoms with Gasteiger partial charge in [-0.25, -0.2) is 0 Å². The van der Waals surface area contributed by atoms with Crippen molar-refractivity contribution in [2.24, 2.45) is 34.5 Å². The van der Waals surface area contributed by atoms with Gasteiger partial charge in [0, 0.05) is 0 Å². The van der Waals surface area contributed by atoms with Crippen LogP contribution in [0.4, 0.5) is 0 Å². The van der Waals surface area contributed by atoms with Gasteiger partial charge in [-0.3, -0.25) is 0 Å². The zero-order valence-corrected chi connectivity index (χ0v) is 14.6. The maximum Gasteiger partial charge on any atom is 0.0622 e. The molecule has 0 aromatic rings. The second kappa shape index (κ2) is 4.72. The highest BCUT2D eigenvalue weighted by Crippen LogP contribution is 2.66. The van der Waals surface area contributed by atoms with Crippen LogP contribution in [0, 0.1) is 34.5 Å². The van der Waals surface area contributed by atoms with Crippen molar-refractivity contribution < 1.29 is 10.2 Å². The summed E-state index contributed by atoms with van der Waals surface area (Å²) in [5.41, 5.74) is 0.217. The highest BCUT2D eigenvalue weighted by atomic mass is 16.3. The van der Waals surface area contributed by atoms with Gasteiger partial charge in [0.2, 0.25) is 0 Å². The molecule has 22 heavy (non-hydrogen) atoms. The number of hydrogen-bond acceptors (Lipinski definition) is 2. The van der Waals surface area contributed by atoms with Crippen LogP contribution in [-0.4, -0.2) is 21.9 Å². The molecule has 8 atom stereocenters. The van der Waals surface area contributed by atoms with E-state index >= 15 is 0 Å². The van der Waals surface area contributed by atoms with Crippen LogP contribution in [0.3, 0.4) is 0 Å². The molecule has 2 nitrogen and oxygen atoms in total. The van der Waals surface area contributed by atoms with E-state index in [9.17, 15) is 10.2 Å². The van der Waals surface area contributed by atoms with Crippen LogP contribution in [0.2, 0.25) is 0 Å². The second-order valence-corrected chi connectivity index (χ2v) is 10.00. The first kappa shape index (κ1) is 15.4. The highest BCUT2D eigenvalue weighted by molar-refractivity contribution is 5.10. The Labute approximate surface area is 135 Å². The first-order valence-corrected chi connectivity index (χ1v) is 9.67. The molecule has 0 bridgehead atoms. The van der Waals surface area contributed by atoms with Gasteiger partial charge in [-0.2, -0.15) is 0 Å². The molecule has 0 saturated heterocycles. The van der Waals surface area contributed by atoms with Gasteiger partial charge < -0.3 is 10.2 Å². The summed E-state index contributed by atoms with van der Waals surface area (Å²) in [6.07, 6.45) is 10.6. The lowest BCUT2D eigenvalue weighted by molar-refractivity contribution is -0.150. The Morgan fingerprint density at radius 1 is 0.773 bits per heavy atom. The monoisotopic (exact) mass is 306 g/mol. The molecule has 4 fully saturated rings. The fourth-order valence-electron chi connectivity index (χ4n) is 7.40. The van der Waals surface area contributed by atoms with Crippen molar-refractivity contribution in [2.45, 2.75) is 90.3 Å². The van der Waals surface area contributed by atoms with E-state index < -0.39 is 5.60 Å². The third-order valence-corrected chi connectivity index (χ3v) is 8.90. The molecule has 126 valence electrons. The summed E-state index contributed by atoms with van der Waals surface area (Å²) in [5.74, 6) is 3.14. The van der Waals surface area contributed by atoms with Crippen LogP contribution in [0.15, 0.2) is 0 Å². The number of rotatable bonds is 0. The minimum Gasteiger partial charge on any atom is -0.393 e. The predicted molar refractivity (Wildman–Crippen MR) is 88.4 cm³/mol. The number of aliphatic hydroxyl groups is 2. The van der Waals surface area contributed by atoms with Crippen LogP contribution in [0.1, 0.15) is 78.6 Å². The van der Waals surface area contributed by atoms with Crippen LogP contribution in [0.5, 0.6) is 0 Å². The normalized spacial score (nSPS) is 61.2. The van der Waals surface area contributed by atoms with E-state index in [0.29, 0.717) is 11.3 Å². The van der Waals surface area contributed by atoms with Crippen LogP contribution in [0.25, 0.3) is 0 Å². The van der Waals surface area contributed by atoms with Crippen molar-refractivity contribution in [1.82, 2.24) is 0 Å². The molecule has 0 heterocycles. The molecule has 4 rings (SSSR count). The molecule has 0 aliphatic heterocycles. The molecule has 2 N–H and O–H groups in total. The maximum absolute atomic E-state index is 10.5.